The quantitative estimate of drug-likeness (QED) is 0.0899. The van der Waals surface area contributed by atoms with E-state index in [1.165, 1.54) is 200 Å². The van der Waals surface area contributed by atoms with Gasteiger partial charge in [-0.3, -0.25) is 0 Å². The van der Waals surface area contributed by atoms with E-state index in [0.29, 0.717) is 0 Å². The number of para-hydroxylation sites is 7. The van der Waals surface area contributed by atoms with E-state index in [0.717, 1.165) is 64.8 Å². The Morgan fingerprint density at radius 2 is 0.396 bits per heavy atom. The van der Waals surface area contributed by atoms with Crippen LogP contribution in [-0.4, -0.2) is 0 Å². The van der Waals surface area contributed by atoms with Crippen molar-refractivity contribution in [2.24, 2.45) is 0 Å². The lowest BCUT2D eigenvalue weighted by Crippen LogP contribution is -2.18. The summed E-state index contributed by atoms with van der Waals surface area (Å²) < 4.78 is 0. The predicted octanol–water partition coefficient (Wildman–Crippen LogP) is 39.7. The first-order valence-electron chi connectivity index (χ1n) is 51.4. The minimum Gasteiger partial charge on any atom is -0.311 e. The molecule has 0 N–H and O–H groups in total. The monoisotopic (exact) mass is 1900 g/mol. The highest BCUT2D eigenvalue weighted by Crippen LogP contribution is 2.53. The van der Waals surface area contributed by atoms with Crippen molar-refractivity contribution in [3.05, 3.63) is 616 Å². The Morgan fingerprint density at radius 3 is 0.826 bits per heavy atom. The van der Waals surface area contributed by atoms with Crippen molar-refractivity contribution < 1.29 is 0 Å². The summed E-state index contributed by atoms with van der Waals surface area (Å²) in [5.41, 5.74) is 41.4. The van der Waals surface area contributed by atoms with Crippen LogP contribution in [0.4, 0.5) is 102 Å². The summed E-state index contributed by atoms with van der Waals surface area (Å²) >= 11 is 0. The van der Waals surface area contributed by atoms with Gasteiger partial charge in [-0.15, -0.1) is 0 Å². The molecule has 3 heterocycles. The van der Waals surface area contributed by atoms with Crippen molar-refractivity contribution in [2.45, 2.75) is 19.3 Å². The van der Waals surface area contributed by atoms with Crippen LogP contribution in [0.1, 0.15) is 33.4 Å². The molecule has 0 fully saturated rings. The first kappa shape index (κ1) is 89.7. The Bertz CT molecular complexity index is 9150. The molecule has 6 nitrogen and oxygen atoms in total. The van der Waals surface area contributed by atoms with E-state index in [4.69, 9.17) is 0 Å². The zero-order valence-corrected chi connectivity index (χ0v) is 82.2. The highest BCUT2D eigenvalue weighted by atomic mass is 15.2. The summed E-state index contributed by atoms with van der Waals surface area (Å²) in [5.74, 6) is 0. The van der Waals surface area contributed by atoms with Crippen LogP contribution in [0.25, 0.3) is 109 Å². The molecule has 0 spiro atoms. The topological polar surface area (TPSA) is 19.4 Å². The number of hydrogen-bond donors (Lipinski definition) is 0. The maximum atomic E-state index is 2.46. The molecular formula is C143H102N6. The minimum atomic E-state index is 0.856. The second-order valence-corrected chi connectivity index (χ2v) is 38.7. The van der Waals surface area contributed by atoms with Crippen LogP contribution >= 0.6 is 0 Å². The average Bonchev–Trinajstić information content (AvgIpc) is 0.743. The van der Waals surface area contributed by atoms with Gasteiger partial charge in [-0.25, -0.2) is 0 Å². The van der Waals surface area contributed by atoms with Crippen molar-refractivity contribution in [2.75, 3.05) is 29.4 Å². The van der Waals surface area contributed by atoms with Gasteiger partial charge in [0.25, 0.3) is 0 Å². The molecule has 0 saturated carbocycles. The molecule has 0 unspecified atom stereocenters. The van der Waals surface area contributed by atoms with Crippen molar-refractivity contribution in [3.63, 3.8) is 0 Å². The Morgan fingerprint density at radius 1 is 0.134 bits per heavy atom. The van der Waals surface area contributed by atoms with Crippen LogP contribution in [-0.2, 0) is 19.3 Å². The SMILES string of the molecule is c1ccc(N(c2ccccc2)c2ccc(-c3ccc4c(c3)Cc3cc(-c5ccc6ccccc6c5)ccc3N4c3ccc4ccccc4c3)cc2)cc1.c1ccc(N(c2ccccc2)c2ccc(-c3ccc4c(c3)Cc3cc(-c5cccc6ccccc56)ccc3N4c3ccc4ccccc4c3)cc2)cc1.c1ccc(N2c3ccccc3Cc3cc(-c4ccc(N(c5ccccc5)c5cccc6ccccc56)cc4)ccc32)cc1. The fourth-order valence-electron chi connectivity index (χ4n) is 22.4. The van der Waals surface area contributed by atoms with Gasteiger partial charge in [0, 0.05) is 121 Å². The van der Waals surface area contributed by atoms with E-state index in [1.807, 2.05) is 0 Å². The molecular weight excluding hydrogens is 1800 g/mol. The molecule has 149 heavy (non-hydrogen) atoms. The van der Waals surface area contributed by atoms with Crippen LogP contribution in [0, 0.1) is 0 Å². The van der Waals surface area contributed by atoms with Gasteiger partial charge >= 0.3 is 0 Å². The largest absolute Gasteiger partial charge is 0.311 e. The molecule has 0 radical (unpaired) electrons. The molecule has 0 saturated heterocycles. The molecule has 0 aliphatic carbocycles. The van der Waals surface area contributed by atoms with Gasteiger partial charge in [0.05, 0.1) is 5.69 Å². The zero-order chi connectivity index (χ0) is 98.9. The van der Waals surface area contributed by atoms with Gasteiger partial charge in [0.1, 0.15) is 0 Å². The Hall–Kier alpha value is -19.4. The summed E-state index contributed by atoms with van der Waals surface area (Å²) in [6.45, 7) is 0. The predicted molar refractivity (Wildman–Crippen MR) is 631 cm³/mol. The van der Waals surface area contributed by atoms with Gasteiger partial charge in [-0.05, 0) is 350 Å². The highest BCUT2D eigenvalue weighted by molar-refractivity contribution is 6.03. The molecule has 0 bridgehead atoms. The molecule has 0 amide bonds. The van der Waals surface area contributed by atoms with Crippen molar-refractivity contribution in [1.29, 1.82) is 0 Å². The number of anilines is 18. The van der Waals surface area contributed by atoms with E-state index >= 15 is 0 Å². The van der Waals surface area contributed by atoms with Crippen LogP contribution < -0.4 is 29.4 Å². The van der Waals surface area contributed by atoms with Crippen LogP contribution in [0.2, 0.25) is 0 Å². The number of hydrogen-bond acceptors (Lipinski definition) is 6. The van der Waals surface area contributed by atoms with E-state index < -0.39 is 0 Å². The number of benzene rings is 25. The Labute approximate surface area is 870 Å². The minimum absolute atomic E-state index is 0.856. The number of fused-ring (bicyclic) bond motifs is 11. The molecule has 6 heteroatoms. The summed E-state index contributed by atoms with van der Waals surface area (Å²) in [6, 6.07) is 211. The molecule has 28 rings (SSSR count). The molecule has 3 aliphatic rings. The molecule has 25 aromatic rings. The lowest BCUT2D eigenvalue weighted by atomic mass is 9.89. The zero-order valence-electron chi connectivity index (χ0n) is 82.2. The standard InChI is InChI=1S/2C51H36N2.C41H30N2/c1-3-15-46(16-4-1)52(47-17-5-2-6-18-47)48-26-21-38(22-27-48)41-24-29-50-44(32-41)34-45-33-43(42-20-19-36-11-7-9-13-39(36)31-42)25-30-51(45)53(50)49-28-23-37-12-8-10-14-40(37)35-49;1-3-16-44(17-4-1)52(45-18-5-2-6-19-45)46-27-22-37(23-28-46)40-25-30-50-42(32-40)34-43-33-41(49-21-11-15-38-13-9-10-20-48(38)49)26-31-51(43)53(50)47-29-24-36-12-7-8-14-39(36)35-47;1-3-15-35(16-4-1)42(41-21-11-14-31-12-7-9-19-38(31)41)37-25-22-30(23-26-37)32-24-27-40-34(28-32)29-33-13-8-10-20-39(33)43(40)36-17-5-2-6-18-36/h2*1-33,35H,34H2;1-28H,29H2. The third-order valence-electron chi connectivity index (χ3n) is 29.6. The molecule has 0 atom stereocenters. The first-order valence-corrected chi connectivity index (χ1v) is 51.4. The maximum Gasteiger partial charge on any atom is 0.0540 e. The number of nitrogens with zero attached hydrogens (tertiary/aromatic N) is 6. The number of rotatable bonds is 17. The van der Waals surface area contributed by atoms with Crippen molar-refractivity contribution in [3.8, 4) is 55.6 Å². The van der Waals surface area contributed by atoms with Crippen LogP contribution in [0.5, 0.6) is 0 Å². The van der Waals surface area contributed by atoms with Gasteiger partial charge in [-0.1, -0.05) is 370 Å². The summed E-state index contributed by atoms with van der Waals surface area (Å²) in [4.78, 5) is 14.3. The molecule has 25 aromatic carbocycles. The van der Waals surface area contributed by atoms with E-state index in [-0.39, 0.29) is 0 Å². The van der Waals surface area contributed by atoms with Crippen molar-refractivity contribution in [1.82, 2.24) is 0 Å². The van der Waals surface area contributed by atoms with Crippen LogP contribution in [0.3, 0.4) is 0 Å². The fourth-order valence-corrected chi connectivity index (χ4v) is 22.4. The second kappa shape index (κ2) is 39.7. The summed E-state index contributed by atoms with van der Waals surface area (Å²) in [7, 11) is 0. The Balaban J connectivity index is 0.000000114. The third-order valence-corrected chi connectivity index (χ3v) is 29.6. The average molecular weight is 1900 g/mol. The van der Waals surface area contributed by atoms with E-state index in [1.54, 1.807) is 0 Å². The summed E-state index contributed by atoms with van der Waals surface area (Å²) in [5, 5.41) is 12.5. The van der Waals surface area contributed by atoms with Gasteiger partial charge in [-0.2, -0.15) is 0 Å². The lowest BCUT2D eigenvalue weighted by molar-refractivity contribution is 1.09. The normalized spacial score (nSPS) is 12.0. The first-order chi connectivity index (χ1) is 73.8. The molecule has 704 valence electrons. The molecule has 0 aromatic heterocycles. The summed E-state index contributed by atoms with van der Waals surface area (Å²) in [6.07, 6.45) is 2.64. The van der Waals surface area contributed by atoms with E-state index in [2.05, 4.69) is 612 Å². The third kappa shape index (κ3) is 17.8. The molecule has 3 aliphatic heterocycles. The smallest absolute Gasteiger partial charge is 0.0540 e. The Kier molecular flexibility index (Phi) is 23.9. The fraction of sp³-hybridized carbons (Fsp3) is 0.0210. The highest BCUT2D eigenvalue weighted by Gasteiger charge is 2.31. The second-order valence-electron chi connectivity index (χ2n) is 38.7. The van der Waals surface area contributed by atoms with Gasteiger partial charge in [0.15, 0.2) is 0 Å². The van der Waals surface area contributed by atoms with Gasteiger partial charge in [0.2, 0.25) is 0 Å². The van der Waals surface area contributed by atoms with Crippen molar-refractivity contribution >= 4 is 156 Å². The van der Waals surface area contributed by atoms with E-state index in [9.17, 15) is 0 Å². The van der Waals surface area contributed by atoms with Crippen LogP contribution in [0.15, 0.2) is 582 Å². The lowest BCUT2D eigenvalue weighted by Gasteiger charge is -2.34. The van der Waals surface area contributed by atoms with Gasteiger partial charge < -0.3 is 29.4 Å². The maximum absolute atomic E-state index is 2.46.